The normalized spacial score (nSPS) is 11.3. The lowest BCUT2D eigenvalue weighted by atomic mass is 10.2. The van der Waals surface area contributed by atoms with Crippen molar-refractivity contribution in [2.45, 2.75) is 17.8 Å². The minimum Gasteiger partial charge on any atom is -0.268 e. The summed E-state index contributed by atoms with van der Waals surface area (Å²) in [6.07, 6.45) is 1.72. The standard InChI is InChI=1S/C22H16N4OS2/c1-14-10-11-23-19(12-14)26-21(27)15-6-2-3-7-16(15)25-22(26)28-13-20-24-17-8-4-5-9-18(17)29-20/h2-12H,13H2,1H3. The van der Waals surface area contributed by atoms with E-state index in [9.17, 15) is 4.79 Å². The molecule has 5 nitrogen and oxygen atoms in total. The van der Waals surface area contributed by atoms with Crippen LogP contribution in [0.15, 0.2) is 76.8 Å². The number of hydrogen-bond donors (Lipinski definition) is 0. The molecule has 0 atom stereocenters. The molecule has 7 heteroatoms. The summed E-state index contributed by atoms with van der Waals surface area (Å²) in [4.78, 5) is 27.2. The van der Waals surface area contributed by atoms with Crippen molar-refractivity contribution in [2.75, 3.05) is 0 Å². The fraction of sp³-hybridized carbons (Fsp3) is 0.0909. The molecule has 3 aromatic heterocycles. The molecule has 5 aromatic rings. The third-order valence-corrected chi connectivity index (χ3v) is 6.71. The fourth-order valence-electron chi connectivity index (χ4n) is 3.16. The van der Waals surface area contributed by atoms with Crippen molar-refractivity contribution >= 4 is 44.2 Å². The molecule has 0 radical (unpaired) electrons. The highest BCUT2D eigenvalue weighted by Gasteiger charge is 2.15. The van der Waals surface area contributed by atoms with E-state index >= 15 is 0 Å². The maximum atomic E-state index is 13.3. The molecule has 142 valence electrons. The second-order valence-electron chi connectivity index (χ2n) is 6.61. The molecule has 0 bridgehead atoms. The predicted molar refractivity (Wildman–Crippen MR) is 119 cm³/mol. The number of para-hydroxylation sites is 2. The second kappa shape index (κ2) is 7.42. The topological polar surface area (TPSA) is 60.7 Å². The zero-order valence-electron chi connectivity index (χ0n) is 15.6. The maximum absolute atomic E-state index is 13.3. The molecule has 29 heavy (non-hydrogen) atoms. The van der Waals surface area contributed by atoms with Gasteiger partial charge in [-0.3, -0.25) is 4.79 Å². The van der Waals surface area contributed by atoms with Crippen molar-refractivity contribution in [2.24, 2.45) is 0 Å². The number of hydrogen-bond acceptors (Lipinski definition) is 6. The van der Waals surface area contributed by atoms with Gasteiger partial charge in [0.2, 0.25) is 0 Å². The van der Waals surface area contributed by atoms with Gasteiger partial charge < -0.3 is 0 Å². The van der Waals surface area contributed by atoms with Crippen LogP contribution in [0.5, 0.6) is 0 Å². The summed E-state index contributed by atoms with van der Waals surface area (Å²) >= 11 is 3.17. The first kappa shape index (κ1) is 18.0. The van der Waals surface area contributed by atoms with Gasteiger partial charge in [0.1, 0.15) is 10.8 Å². The first-order chi connectivity index (χ1) is 14.2. The highest BCUT2D eigenvalue weighted by atomic mass is 32.2. The Kier molecular flexibility index (Phi) is 4.61. The SMILES string of the molecule is Cc1ccnc(-n2c(SCc3nc4ccccc4s3)nc3ccccc3c2=O)c1. The van der Waals surface area contributed by atoms with Crippen LogP contribution in [0.25, 0.3) is 26.9 Å². The Hall–Kier alpha value is -3.03. The van der Waals surface area contributed by atoms with Gasteiger partial charge in [0.15, 0.2) is 5.16 Å². The van der Waals surface area contributed by atoms with Crippen molar-refractivity contribution < 1.29 is 0 Å². The third-order valence-electron chi connectivity index (χ3n) is 4.54. The summed E-state index contributed by atoms with van der Waals surface area (Å²) in [5.74, 6) is 1.22. The fourth-order valence-corrected chi connectivity index (χ4v) is 5.12. The average Bonchev–Trinajstić information content (AvgIpc) is 3.15. The number of thioether (sulfide) groups is 1. The summed E-state index contributed by atoms with van der Waals surface area (Å²) in [6, 6.07) is 19.3. The smallest absolute Gasteiger partial charge is 0.267 e. The Balaban J connectivity index is 1.61. The van der Waals surface area contributed by atoms with Crippen molar-refractivity contribution in [3.05, 3.63) is 87.8 Å². The van der Waals surface area contributed by atoms with Gasteiger partial charge in [-0.2, -0.15) is 0 Å². The summed E-state index contributed by atoms with van der Waals surface area (Å²) in [5, 5.41) is 2.20. The molecule has 0 fully saturated rings. The van der Waals surface area contributed by atoms with E-state index in [2.05, 4.69) is 11.1 Å². The average molecular weight is 417 g/mol. The Bertz CT molecular complexity index is 1370. The van der Waals surface area contributed by atoms with Gasteiger partial charge in [-0.15, -0.1) is 11.3 Å². The van der Waals surface area contributed by atoms with Crippen LogP contribution in [0.2, 0.25) is 0 Å². The summed E-state index contributed by atoms with van der Waals surface area (Å²) < 4.78 is 2.76. The Morgan fingerprint density at radius 3 is 2.62 bits per heavy atom. The van der Waals surface area contributed by atoms with E-state index in [0.717, 1.165) is 20.8 Å². The van der Waals surface area contributed by atoms with E-state index in [1.54, 1.807) is 28.2 Å². The van der Waals surface area contributed by atoms with E-state index < -0.39 is 0 Å². The summed E-state index contributed by atoms with van der Waals surface area (Å²) in [5.41, 5.74) is 2.61. The van der Waals surface area contributed by atoms with E-state index in [-0.39, 0.29) is 5.56 Å². The van der Waals surface area contributed by atoms with Crippen LogP contribution in [-0.2, 0) is 5.75 Å². The lowest BCUT2D eigenvalue weighted by Crippen LogP contribution is -2.22. The van der Waals surface area contributed by atoms with Crippen LogP contribution >= 0.6 is 23.1 Å². The second-order valence-corrected chi connectivity index (χ2v) is 8.67. The highest BCUT2D eigenvalue weighted by molar-refractivity contribution is 7.98. The molecule has 0 aliphatic rings. The van der Waals surface area contributed by atoms with Gasteiger partial charge in [0, 0.05) is 6.20 Å². The van der Waals surface area contributed by atoms with Crippen molar-refractivity contribution in [3.63, 3.8) is 0 Å². The van der Waals surface area contributed by atoms with E-state index in [4.69, 9.17) is 9.97 Å². The molecule has 0 N–H and O–H groups in total. The van der Waals surface area contributed by atoms with E-state index in [1.807, 2.05) is 55.5 Å². The number of pyridine rings is 1. The highest BCUT2D eigenvalue weighted by Crippen LogP contribution is 2.28. The van der Waals surface area contributed by atoms with Crippen LogP contribution in [0, 0.1) is 6.92 Å². The van der Waals surface area contributed by atoms with Crippen LogP contribution in [0.3, 0.4) is 0 Å². The predicted octanol–water partition coefficient (Wildman–Crippen LogP) is 4.99. The Labute approximate surface area is 175 Å². The molecule has 0 saturated heterocycles. The molecular weight excluding hydrogens is 400 g/mol. The first-order valence-corrected chi connectivity index (χ1v) is 10.9. The molecule has 0 aliphatic carbocycles. The Morgan fingerprint density at radius 2 is 1.79 bits per heavy atom. The van der Waals surface area contributed by atoms with Gasteiger partial charge in [-0.1, -0.05) is 36.0 Å². The molecule has 0 amide bonds. The van der Waals surface area contributed by atoms with Gasteiger partial charge in [0.25, 0.3) is 5.56 Å². The van der Waals surface area contributed by atoms with Gasteiger partial charge >= 0.3 is 0 Å². The number of thiazole rings is 1. The Morgan fingerprint density at radius 1 is 1.00 bits per heavy atom. The maximum Gasteiger partial charge on any atom is 0.267 e. The van der Waals surface area contributed by atoms with Gasteiger partial charge in [-0.05, 0) is 48.9 Å². The number of fused-ring (bicyclic) bond motifs is 2. The largest absolute Gasteiger partial charge is 0.268 e. The van der Waals surface area contributed by atoms with Crippen LogP contribution in [0.1, 0.15) is 10.6 Å². The zero-order chi connectivity index (χ0) is 19.8. The van der Waals surface area contributed by atoms with Crippen LogP contribution in [-0.4, -0.2) is 19.5 Å². The molecule has 3 heterocycles. The zero-order valence-corrected chi connectivity index (χ0v) is 17.2. The molecule has 2 aromatic carbocycles. The number of aromatic nitrogens is 4. The molecule has 0 aliphatic heterocycles. The van der Waals surface area contributed by atoms with Crippen LogP contribution in [0.4, 0.5) is 0 Å². The van der Waals surface area contributed by atoms with Crippen molar-refractivity contribution in [3.8, 4) is 5.82 Å². The lowest BCUT2D eigenvalue weighted by Gasteiger charge is -2.12. The summed E-state index contributed by atoms with van der Waals surface area (Å²) in [7, 11) is 0. The number of aryl methyl sites for hydroxylation is 1. The van der Waals surface area contributed by atoms with Crippen molar-refractivity contribution in [1.29, 1.82) is 0 Å². The monoisotopic (exact) mass is 416 g/mol. The van der Waals surface area contributed by atoms with Crippen LogP contribution < -0.4 is 5.56 Å². The summed E-state index contributed by atoms with van der Waals surface area (Å²) in [6.45, 7) is 1.98. The minimum atomic E-state index is -0.111. The number of rotatable bonds is 4. The molecule has 0 unspecified atom stereocenters. The van der Waals surface area contributed by atoms with E-state index in [1.165, 1.54) is 11.8 Å². The molecule has 0 saturated carbocycles. The first-order valence-electron chi connectivity index (χ1n) is 9.11. The third kappa shape index (κ3) is 3.43. The molecule has 5 rings (SSSR count). The van der Waals surface area contributed by atoms with E-state index in [0.29, 0.717) is 27.6 Å². The molecular formula is C22H16N4OS2. The van der Waals surface area contributed by atoms with Crippen molar-refractivity contribution in [1.82, 2.24) is 19.5 Å². The van der Waals surface area contributed by atoms with Gasteiger partial charge in [0.05, 0.1) is 26.9 Å². The number of benzene rings is 2. The quantitative estimate of drug-likeness (QED) is 0.305. The lowest BCUT2D eigenvalue weighted by molar-refractivity contribution is 0.794. The van der Waals surface area contributed by atoms with Gasteiger partial charge in [-0.25, -0.2) is 19.5 Å². The minimum absolute atomic E-state index is 0.111. The number of nitrogens with zero attached hydrogens (tertiary/aromatic N) is 4. The molecule has 0 spiro atoms.